The van der Waals surface area contributed by atoms with E-state index in [1.165, 1.54) is 26.5 Å². The van der Waals surface area contributed by atoms with Gasteiger partial charge in [0.2, 0.25) is 59.1 Å². The maximum absolute atomic E-state index is 14.1. The summed E-state index contributed by atoms with van der Waals surface area (Å²) in [6.07, 6.45) is 3.90. The molecule has 0 aromatic heterocycles. The maximum atomic E-state index is 14.1. The number of unbranched alkanes of at least 4 members (excludes halogenated alkanes) is 1. The van der Waals surface area contributed by atoms with E-state index in [9.17, 15) is 73.2 Å². The predicted octanol–water partition coefficient (Wildman–Crippen LogP) is -7.34. The fraction of sp³-hybridized carbons (Fsp3) is 0.738. The number of hydrogen-bond acceptors (Lipinski definition) is 16. The summed E-state index contributed by atoms with van der Waals surface area (Å²) >= 11 is 0. The highest BCUT2D eigenvalue weighted by Crippen LogP contribution is 2.29. The van der Waals surface area contributed by atoms with Crippen LogP contribution in [-0.4, -0.2) is 225 Å². The Kier molecular flexibility index (Phi) is 21.5. The first-order chi connectivity index (χ1) is 32.9. The van der Waals surface area contributed by atoms with Gasteiger partial charge in [-0.25, -0.2) is 4.79 Å². The average Bonchev–Trinajstić information content (AvgIpc) is 4.19. The molecule has 10 amide bonds. The van der Waals surface area contributed by atoms with Crippen molar-refractivity contribution >= 4 is 65.0 Å². The van der Waals surface area contributed by atoms with Crippen LogP contribution in [0.1, 0.15) is 77.6 Å². The van der Waals surface area contributed by atoms with Crippen LogP contribution in [0.25, 0.3) is 0 Å². The quantitative estimate of drug-likeness (QED) is 0.0400. The lowest BCUT2D eigenvalue weighted by Gasteiger charge is -2.34. The van der Waals surface area contributed by atoms with Crippen LogP contribution in [0.5, 0.6) is 0 Å². The van der Waals surface area contributed by atoms with Gasteiger partial charge in [0.1, 0.15) is 54.4 Å². The van der Waals surface area contributed by atoms with E-state index in [0.29, 0.717) is 51.5 Å². The third-order valence-corrected chi connectivity index (χ3v) is 12.7. The van der Waals surface area contributed by atoms with Crippen LogP contribution in [0, 0.1) is 0 Å². The van der Waals surface area contributed by atoms with E-state index < -0.39 is 146 Å². The van der Waals surface area contributed by atoms with Gasteiger partial charge in [0, 0.05) is 26.2 Å². The number of hydrogen-bond donors (Lipinski definition) is 12. The standard InChI is InChI=1S/C42H68N12O15/c1-23(46-32(58)19-45-34(60)25(20-55)48-36(62)27(22-57)49-37(63)28-9-4-14-51(28)33(59)18-44)39(65)53-16-6-11-30(53)41(67)54-17-7-12-31(54)40(66)52-15-5-10-29(52)38(64)50-26(21-56)35(61)47-24(42(68)69)8-2-3-13-43/h23-31,55-57H,2-22,43-44H2,1H3,(H,45,60)(H,46,58)(H,47,61)(H,48,62)(H,49,63)(H,50,64)(H,68,69)/t23-,24-,25-,26-,27-,28-,29-,30-,31-/m0/s1. The Bertz CT molecular complexity index is 1910. The Labute approximate surface area is 398 Å². The lowest BCUT2D eigenvalue weighted by atomic mass is 10.1. The summed E-state index contributed by atoms with van der Waals surface area (Å²) < 4.78 is 0. The number of rotatable bonds is 24. The van der Waals surface area contributed by atoms with Gasteiger partial charge >= 0.3 is 5.97 Å². The molecule has 69 heavy (non-hydrogen) atoms. The van der Waals surface area contributed by atoms with Gasteiger partial charge in [-0.15, -0.1) is 0 Å². The Morgan fingerprint density at radius 3 is 1.48 bits per heavy atom. The third kappa shape index (κ3) is 14.5. The summed E-state index contributed by atoms with van der Waals surface area (Å²) in [6, 6.07) is -11.1. The molecule has 4 aliphatic heterocycles. The van der Waals surface area contributed by atoms with Crippen molar-refractivity contribution in [2.75, 3.05) is 65.6 Å². The number of aliphatic hydroxyl groups is 3. The molecular weight excluding hydrogens is 913 g/mol. The number of nitrogens with zero attached hydrogens (tertiary/aromatic N) is 4. The zero-order valence-corrected chi connectivity index (χ0v) is 38.8. The van der Waals surface area contributed by atoms with Gasteiger partial charge in [-0.1, -0.05) is 0 Å². The van der Waals surface area contributed by atoms with E-state index in [2.05, 4.69) is 31.9 Å². The SMILES string of the molecule is C[C@H](NC(=O)CNC(=O)[C@H](CO)NC(=O)[C@H](CO)NC(=O)[C@@H]1CCCN1C(=O)CN)C(=O)N1CCC[C@H]1C(=O)N1CCC[C@H]1C(=O)N1CCC[C@H]1C(=O)N[C@@H](CO)C(=O)N[C@@H](CCCCN)C(=O)O. The number of carboxylic acid groups (broad SMARTS) is 1. The van der Waals surface area contributed by atoms with Crippen molar-refractivity contribution in [1.82, 2.24) is 51.5 Å². The van der Waals surface area contributed by atoms with Crippen molar-refractivity contribution in [3.63, 3.8) is 0 Å². The number of likely N-dealkylation sites (tertiary alicyclic amines) is 4. The van der Waals surface area contributed by atoms with Gasteiger partial charge < -0.3 is 83.4 Å². The summed E-state index contributed by atoms with van der Waals surface area (Å²) in [7, 11) is 0. The minimum absolute atomic E-state index is 0.0813. The van der Waals surface area contributed by atoms with Crippen LogP contribution >= 0.6 is 0 Å². The van der Waals surface area contributed by atoms with E-state index in [1.807, 2.05) is 0 Å². The number of carbonyl (C=O) groups is 11. The summed E-state index contributed by atoms with van der Waals surface area (Å²) in [5, 5.41) is 53.1. The van der Waals surface area contributed by atoms with Crippen molar-refractivity contribution in [3.05, 3.63) is 0 Å². The molecule has 14 N–H and O–H groups in total. The number of carboxylic acids is 1. The van der Waals surface area contributed by atoms with Crippen molar-refractivity contribution in [2.24, 2.45) is 11.5 Å². The first kappa shape index (κ1) is 55.6. The second-order valence-corrected chi connectivity index (χ2v) is 17.4. The van der Waals surface area contributed by atoms with E-state index in [1.54, 1.807) is 0 Å². The van der Waals surface area contributed by atoms with Crippen LogP contribution in [0.15, 0.2) is 0 Å². The molecule has 27 nitrogen and oxygen atoms in total. The van der Waals surface area contributed by atoms with Crippen LogP contribution in [0.4, 0.5) is 0 Å². The highest BCUT2D eigenvalue weighted by atomic mass is 16.4. The highest BCUT2D eigenvalue weighted by molar-refractivity contribution is 5.99. The first-order valence-corrected chi connectivity index (χ1v) is 23.4. The molecule has 0 bridgehead atoms. The molecule has 0 radical (unpaired) electrons. The largest absolute Gasteiger partial charge is 0.480 e. The van der Waals surface area contributed by atoms with Crippen molar-refractivity contribution in [1.29, 1.82) is 0 Å². The number of carbonyl (C=O) groups excluding carboxylic acids is 10. The van der Waals surface area contributed by atoms with Gasteiger partial charge in [-0.2, -0.15) is 0 Å². The topological polar surface area (TPSA) is 406 Å². The molecule has 9 atom stereocenters. The normalized spacial score (nSPS) is 22.2. The van der Waals surface area contributed by atoms with E-state index in [0.717, 1.165) is 0 Å². The fourth-order valence-corrected chi connectivity index (χ4v) is 9.02. The fourth-order valence-electron chi connectivity index (χ4n) is 9.02. The molecule has 4 rings (SSSR count). The third-order valence-electron chi connectivity index (χ3n) is 12.7. The molecule has 27 heteroatoms. The molecule has 0 saturated carbocycles. The van der Waals surface area contributed by atoms with Crippen molar-refractivity contribution in [2.45, 2.75) is 132 Å². The second-order valence-electron chi connectivity index (χ2n) is 17.4. The van der Waals surface area contributed by atoms with Gasteiger partial charge in [-0.3, -0.25) is 47.9 Å². The number of nitrogens with one attached hydrogen (secondary N) is 6. The van der Waals surface area contributed by atoms with E-state index in [4.69, 9.17) is 11.5 Å². The Hall–Kier alpha value is -6.03. The smallest absolute Gasteiger partial charge is 0.326 e. The van der Waals surface area contributed by atoms with Gasteiger partial charge in [0.05, 0.1) is 32.9 Å². The highest BCUT2D eigenvalue weighted by Gasteiger charge is 2.46. The van der Waals surface area contributed by atoms with Crippen LogP contribution in [0.2, 0.25) is 0 Å². The van der Waals surface area contributed by atoms with Gasteiger partial charge in [0.25, 0.3) is 0 Å². The molecule has 0 aliphatic carbocycles. The monoisotopic (exact) mass is 980 g/mol. The number of aliphatic carboxylic acids is 1. The van der Waals surface area contributed by atoms with Crippen LogP contribution < -0.4 is 43.4 Å². The van der Waals surface area contributed by atoms with Crippen molar-refractivity contribution < 1.29 is 73.2 Å². The molecule has 4 aliphatic rings. The Balaban J connectivity index is 1.28. The predicted molar refractivity (Wildman–Crippen MR) is 238 cm³/mol. The van der Waals surface area contributed by atoms with E-state index >= 15 is 0 Å². The van der Waals surface area contributed by atoms with Crippen LogP contribution in [-0.2, 0) is 52.7 Å². The lowest BCUT2D eigenvalue weighted by molar-refractivity contribution is -0.151. The zero-order chi connectivity index (χ0) is 50.9. The molecule has 4 fully saturated rings. The molecule has 4 heterocycles. The molecule has 386 valence electrons. The molecule has 0 aromatic rings. The van der Waals surface area contributed by atoms with E-state index in [-0.39, 0.29) is 58.4 Å². The summed E-state index contributed by atoms with van der Waals surface area (Å²) in [6.45, 7) is -1.22. The second kappa shape index (κ2) is 26.7. The summed E-state index contributed by atoms with van der Waals surface area (Å²) in [5.74, 6) is -8.69. The molecular formula is C42H68N12O15. The summed E-state index contributed by atoms with van der Waals surface area (Å²) in [5.41, 5.74) is 10.9. The minimum atomic E-state index is -1.63. The number of amides is 10. The maximum Gasteiger partial charge on any atom is 0.326 e. The Morgan fingerprint density at radius 2 is 0.986 bits per heavy atom. The molecule has 0 unspecified atom stereocenters. The van der Waals surface area contributed by atoms with Gasteiger partial charge in [-0.05, 0) is 84.1 Å². The lowest BCUT2D eigenvalue weighted by Crippen LogP contribution is -2.59. The van der Waals surface area contributed by atoms with Crippen molar-refractivity contribution in [3.8, 4) is 0 Å². The number of nitrogens with two attached hydrogens (primary N) is 2. The molecule has 0 spiro atoms. The first-order valence-electron chi connectivity index (χ1n) is 23.4. The average molecular weight is 981 g/mol. The van der Waals surface area contributed by atoms with Gasteiger partial charge in [0.15, 0.2) is 0 Å². The zero-order valence-electron chi connectivity index (χ0n) is 38.8. The van der Waals surface area contributed by atoms with Crippen LogP contribution in [0.3, 0.4) is 0 Å². The molecule has 0 aromatic carbocycles. The minimum Gasteiger partial charge on any atom is -0.480 e. The number of aliphatic hydroxyl groups excluding tert-OH is 3. The summed E-state index contributed by atoms with van der Waals surface area (Å²) in [4.78, 5) is 149. The molecule has 4 saturated heterocycles. The Morgan fingerprint density at radius 1 is 0.551 bits per heavy atom.